The zero-order valence-corrected chi connectivity index (χ0v) is 10.7. The summed E-state index contributed by atoms with van der Waals surface area (Å²) in [6.45, 7) is 1.40. The molecule has 2 rings (SSSR count). The minimum atomic E-state index is -0.443. The Morgan fingerprint density at radius 3 is 2.37 bits per heavy atom. The van der Waals surface area contributed by atoms with Crippen molar-refractivity contribution >= 4 is 0 Å². The van der Waals surface area contributed by atoms with Gasteiger partial charge in [-0.05, 0) is 36.2 Å². The van der Waals surface area contributed by atoms with Gasteiger partial charge >= 0.3 is 0 Å². The van der Waals surface area contributed by atoms with Crippen molar-refractivity contribution in [3.63, 3.8) is 0 Å². The van der Waals surface area contributed by atoms with E-state index in [9.17, 15) is 9.50 Å². The summed E-state index contributed by atoms with van der Waals surface area (Å²) >= 11 is 0. The van der Waals surface area contributed by atoms with Crippen molar-refractivity contribution in [1.82, 2.24) is 5.32 Å². The summed E-state index contributed by atoms with van der Waals surface area (Å²) < 4.78 is 12.7. The summed E-state index contributed by atoms with van der Waals surface area (Å²) in [4.78, 5) is 0. The molecule has 2 aromatic rings. The van der Waals surface area contributed by atoms with E-state index in [1.165, 1.54) is 12.1 Å². The standard InChI is InChI=1S/C16H18FNO/c17-15-8-6-13(7-9-15)12-18-11-10-16(19)14-4-2-1-3-5-14/h1-9,16,18-19H,10-12H2. The van der Waals surface area contributed by atoms with E-state index >= 15 is 0 Å². The zero-order chi connectivity index (χ0) is 13.5. The minimum absolute atomic E-state index is 0.219. The summed E-state index contributed by atoms with van der Waals surface area (Å²) in [6.07, 6.45) is 0.215. The van der Waals surface area contributed by atoms with Crippen molar-refractivity contribution < 1.29 is 9.50 Å². The van der Waals surface area contributed by atoms with E-state index < -0.39 is 6.10 Å². The molecule has 0 heterocycles. The van der Waals surface area contributed by atoms with Crippen molar-refractivity contribution in [2.24, 2.45) is 0 Å². The Morgan fingerprint density at radius 1 is 1.00 bits per heavy atom. The third kappa shape index (κ3) is 4.47. The Kier molecular flexibility index (Phi) is 5.07. The van der Waals surface area contributed by atoms with Crippen LogP contribution in [0, 0.1) is 5.82 Å². The van der Waals surface area contributed by atoms with E-state index in [0.29, 0.717) is 19.5 Å². The second-order valence-corrected chi connectivity index (χ2v) is 4.52. The molecule has 1 unspecified atom stereocenters. The Labute approximate surface area is 112 Å². The fraction of sp³-hybridized carbons (Fsp3) is 0.250. The lowest BCUT2D eigenvalue weighted by atomic mass is 10.1. The number of aliphatic hydroxyl groups is 1. The molecule has 0 aromatic heterocycles. The van der Waals surface area contributed by atoms with Gasteiger partial charge < -0.3 is 10.4 Å². The largest absolute Gasteiger partial charge is 0.388 e. The van der Waals surface area contributed by atoms with E-state index in [1.54, 1.807) is 12.1 Å². The third-order valence-corrected chi connectivity index (χ3v) is 3.02. The number of benzene rings is 2. The molecule has 0 aliphatic carbocycles. The molecule has 0 fully saturated rings. The second-order valence-electron chi connectivity index (χ2n) is 4.52. The quantitative estimate of drug-likeness (QED) is 0.781. The molecule has 0 amide bonds. The van der Waals surface area contributed by atoms with Crippen LogP contribution < -0.4 is 5.32 Å². The summed E-state index contributed by atoms with van der Waals surface area (Å²) in [5.41, 5.74) is 1.97. The number of halogens is 1. The number of aliphatic hydroxyl groups excluding tert-OH is 1. The van der Waals surface area contributed by atoms with Gasteiger partial charge in [-0.2, -0.15) is 0 Å². The maximum absolute atomic E-state index is 12.7. The monoisotopic (exact) mass is 259 g/mol. The maximum atomic E-state index is 12.7. The van der Waals surface area contributed by atoms with Gasteiger partial charge in [0.2, 0.25) is 0 Å². The first kappa shape index (κ1) is 13.7. The van der Waals surface area contributed by atoms with Gasteiger partial charge in [0.25, 0.3) is 0 Å². The highest BCUT2D eigenvalue weighted by molar-refractivity contribution is 5.17. The molecule has 1 atom stereocenters. The fourth-order valence-electron chi connectivity index (χ4n) is 1.92. The lowest BCUT2D eigenvalue weighted by Crippen LogP contribution is -2.17. The minimum Gasteiger partial charge on any atom is -0.388 e. The highest BCUT2D eigenvalue weighted by Crippen LogP contribution is 2.14. The van der Waals surface area contributed by atoms with Gasteiger partial charge in [-0.15, -0.1) is 0 Å². The molecule has 2 nitrogen and oxygen atoms in total. The maximum Gasteiger partial charge on any atom is 0.123 e. The molecular formula is C16H18FNO. The summed E-state index contributed by atoms with van der Waals surface area (Å²) in [5.74, 6) is -0.219. The predicted octanol–water partition coefficient (Wildman–Crippen LogP) is 3.04. The van der Waals surface area contributed by atoms with E-state index in [4.69, 9.17) is 0 Å². The first-order valence-corrected chi connectivity index (χ1v) is 6.44. The smallest absolute Gasteiger partial charge is 0.123 e. The molecule has 2 aromatic carbocycles. The summed E-state index contributed by atoms with van der Waals surface area (Å²) in [7, 11) is 0. The molecule has 0 radical (unpaired) electrons. The van der Waals surface area contributed by atoms with Crippen LogP contribution in [-0.2, 0) is 6.54 Å². The average molecular weight is 259 g/mol. The van der Waals surface area contributed by atoms with Gasteiger partial charge in [0.05, 0.1) is 6.10 Å². The van der Waals surface area contributed by atoms with Gasteiger partial charge in [0.15, 0.2) is 0 Å². The van der Waals surface area contributed by atoms with Crippen LogP contribution in [0.3, 0.4) is 0 Å². The third-order valence-electron chi connectivity index (χ3n) is 3.02. The van der Waals surface area contributed by atoms with Gasteiger partial charge in [-0.3, -0.25) is 0 Å². The van der Waals surface area contributed by atoms with Crippen LogP contribution in [0.4, 0.5) is 4.39 Å². The molecule has 0 spiro atoms. The van der Waals surface area contributed by atoms with E-state index in [1.807, 2.05) is 30.3 Å². The van der Waals surface area contributed by atoms with Crippen LogP contribution in [0.15, 0.2) is 54.6 Å². The fourth-order valence-corrected chi connectivity index (χ4v) is 1.92. The number of nitrogens with one attached hydrogen (secondary N) is 1. The van der Waals surface area contributed by atoms with E-state index in [0.717, 1.165) is 11.1 Å². The first-order valence-electron chi connectivity index (χ1n) is 6.44. The zero-order valence-electron chi connectivity index (χ0n) is 10.7. The van der Waals surface area contributed by atoms with Crippen molar-refractivity contribution in [2.75, 3.05) is 6.54 Å². The molecule has 0 bridgehead atoms. The Morgan fingerprint density at radius 2 is 1.68 bits per heavy atom. The predicted molar refractivity (Wildman–Crippen MR) is 74.1 cm³/mol. The molecule has 0 saturated heterocycles. The highest BCUT2D eigenvalue weighted by Gasteiger charge is 2.05. The van der Waals surface area contributed by atoms with Crippen LogP contribution >= 0.6 is 0 Å². The van der Waals surface area contributed by atoms with Crippen LogP contribution in [-0.4, -0.2) is 11.7 Å². The SMILES string of the molecule is OC(CCNCc1ccc(F)cc1)c1ccccc1. The molecule has 0 saturated carbocycles. The Balaban J connectivity index is 1.71. The normalized spacial score (nSPS) is 12.3. The molecule has 0 aliphatic rings. The van der Waals surface area contributed by atoms with Crippen LogP contribution in [0.1, 0.15) is 23.7 Å². The Bertz CT molecular complexity index is 484. The van der Waals surface area contributed by atoms with Crippen LogP contribution in [0.5, 0.6) is 0 Å². The van der Waals surface area contributed by atoms with E-state index in [-0.39, 0.29) is 5.82 Å². The first-order chi connectivity index (χ1) is 9.25. The van der Waals surface area contributed by atoms with Gasteiger partial charge in [0.1, 0.15) is 5.82 Å². The van der Waals surface area contributed by atoms with E-state index in [2.05, 4.69) is 5.32 Å². The van der Waals surface area contributed by atoms with Crippen molar-refractivity contribution in [3.8, 4) is 0 Å². The molecular weight excluding hydrogens is 241 g/mol. The van der Waals surface area contributed by atoms with Crippen molar-refractivity contribution in [2.45, 2.75) is 19.1 Å². The molecule has 0 aliphatic heterocycles. The summed E-state index contributed by atoms with van der Waals surface area (Å²) in [5, 5.41) is 13.2. The summed E-state index contributed by atoms with van der Waals surface area (Å²) in [6, 6.07) is 16.0. The van der Waals surface area contributed by atoms with Crippen molar-refractivity contribution in [3.05, 3.63) is 71.5 Å². The lowest BCUT2D eigenvalue weighted by Gasteiger charge is -2.11. The lowest BCUT2D eigenvalue weighted by molar-refractivity contribution is 0.167. The average Bonchev–Trinajstić information content (AvgIpc) is 2.46. The number of hydrogen-bond donors (Lipinski definition) is 2. The molecule has 2 N–H and O–H groups in total. The van der Waals surface area contributed by atoms with Gasteiger partial charge in [0, 0.05) is 6.54 Å². The molecule has 19 heavy (non-hydrogen) atoms. The van der Waals surface area contributed by atoms with Crippen molar-refractivity contribution in [1.29, 1.82) is 0 Å². The number of hydrogen-bond acceptors (Lipinski definition) is 2. The van der Waals surface area contributed by atoms with Gasteiger partial charge in [-0.1, -0.05) is 42.5 Å². The number of rotatable bonds is 6. The van der Waals surface area contributed by atoms with Crippen LogP contribution in [0.2, 0.25) is 0 Å². The highest BCUT2D eigenvalue weighted by atomic mass is 19.1. The second kappa shape index (κ2) is 7.02. The van der Waals surface area contributed by atoms with Crippen LogP contribution in [0.25, 0.3) is 0 Å². The topological polar surface area (TPSA) is 32.3 Å². The molecule has 100 valence electrons. The van der Waals surface area contributed by atoms with Gasteiger partial charge in [-0.25, -0.2) is 4.39 Å². The molecule has 3 heteroatoms. The Hall–Kier alpha value is -1.71.